The van der Waals surface area contributed by atoms with Crippen LogP contribution < -0.4 is 0 Å². The summed E-state index contributed by atoms with van der Waals surface area (Å²) in [5.41, 5.74) is 3.35. The van der Waals surface area contributed by atoms with Gasteiger partial charge in [0.05, 0.1) is 8.07 Å². The summed E-state index contributed by atoms with van der Waals surface area (Å²) in [5, 5.41) is 0. The molecule has 2 heteroatoms. The second-order valence-electron chi connectivity index (χ2n) is 11.4. The molecule has 0 aromatic carbocycles. The van der Waals surface area contributed by atoms with E-state index in [2.05, 4.69) is 110 Å². The first-order valence-electron chi connectivity index (χ1n) is 12.7. The van der Waals surface area contributed by atoms with Gasteiger partial charge in [0.25, 0.3) is 0 Å². The van der Waals surface area contributed by atoms with Crippen molar-refractivity contribution in [2.24, 2.45) is 5.92 Å². The molecule has 0 aromatic rings. The van der Waals surface area contributed by atoms with Gasteiger partial charge in [-0.05, 0) is 93.9 Å². The van der Waals surface area contributed by atoms with Crippen LogP contribution >= 0.6 is 0 Å². The molecular weight excluding hydrogens is 563 g/mol. The van der Waals surface area contributed by atoms with Gasteiger partial charge in [-0.1, -0.05) is 110 Å². The van der Waals surface area contributed by atoms with Gasteiger partial charge >= 0.3 is 0 Å². The second kappa shape index (κ2) is 12.6. The van der Waals surface area contributed by atoms with E-state index in [4.69, 9.17) is 0 Å². The summed E-state index contributed by atoms with van der Waals surface area (Å²) in [5.74, 6) is 20.3. The Balaban J connectivity index is 0.000000380. The molecule has 15 radical (unpaired) electrons. The second-order valence-corrected chi connectivity index (χ2v) is 15.7. The van der Waals surface area contributed by atoms with Crippen molar-refractivity contribution in [2.45, 2.75) is 110 Å². The molecule has 34 heavy (non-hydrogen) atoms. The van der Waals surface area contributed by atoms with Crippen molar-refractivity contribution in [3.63, 3.8) is 0 Å². The molecule has 0 aliphatic heterocycles. The molecule has 0 aromatic heterocycles. The van der Waals surface area contributed by atoms with Gasteiger partial charge < -0.3 is 0 Å². The molecule has 0 saturated heterocycles. The third-order valence-electron chi connectivity index (χ3n) is 9.20. The first-order valence-corrected chi connectivity index (χ1v) is 15.7. The van der Waals surface area contributed by atoms with E-state index >= 15 is 0 Å². The van der Waals surface area contributed by atoms with E-state index in [9.17, 15) is 0 Å². The third-order valence-corrected chi connectivity index (χ3v) is 13.2. The van der Waals surface area contributed by atoms with Crippen LogP contribution in [0, 0.1) is 134 Å². The van der Waals surface area contributed by atoms with Crippen LogP contribution in [0.5, 0.6) is 0 Å². The summed E-state index contributed by atoms with van der Waals surface area (Å²) in [6, 6.07) is 0. The summed E-state index contributed by atoms with van der Waals surface area (Å²) in [7, 11) is -1.65. The molecule has 3 saturated carbocycles. The molecule has 3 rings (SSSR count). The summed E-state index contributed by atoms with van der Waals surface area (Å²) >= 11 is 0. The van der Waals surface area contributed by atoms with Gasteiger partial charge in [0, 0.05) is 40.4 Å². The Bertz CT molecular complexity index is 553. The summed E-state index contributed by atoms with van der Waals surface area (Å²) in [4.78, 5) is 0. The normalized spacial score (nSPS) is 27.4. The minimum absolute atomic E-state index is 0. The van der Waals surface area contributed by atoms with Crippen molar-refractivity contribution in [3.05, 3.63) is 88.0 Å². The standard InChI is InChI=1S/C20H30Si.C12H19.Sm/c1-11-12(2)16(6)19(15(11)5)21(9,10)20-17(7)13(3)14(4)18(20)8;1-7(2)12-10(5)8(3)9(4)11(12)6;/h1-10H3;7H,1-6H3;. The zero-order valence-corrected chi connectivity index (χ0v) is 28.6. The molecule has 3 fully saturated rings. The molecule has 3 aliphatic rings. The average molecular weight is 612 g/mol. The van der Waals surface area contributed by atoms with E-state index in [1.54, 1.807) is 17.0 Å². The minimum atomic E-state index is -1.65. The first kappa shape index (κ1) is 33.6. The predicted molar refractivity (Wildman–Crippen MR) is 149 cm³/mol. The number of hydrogen-bond acceptors (Lipinski definition) is 0. The molecule has 187 valence electrons. The van der Waals surface area contributed by atoms with Crippen LogP contribution in [0.4, 0.5) is 0 Å². The fourth-order valence-electron chi connectivity index (χ4n) is 6.55. The van der Waals surface area contributed by atoms with Crippen LogP contribution in [-0.2, 0) is 0 Å². The maximum atomic E-state index is 2.54. The molecular formula is C32H49SiSm. The fraction of sp³-hybridized carbons (Fsp3) is 0.531. The van der Waals surface area contributed by atoms with Crippen molar-refractivity contribution in [2.75, 3.05) is 0 Å². The van der Waals surface area contributed by atoms with E-state index in [0.717, 1.165) is 0 Å². The van der Waals surface area contributed by atoms with E-state index < -0.39 is 8.07 Å². The van der Waals surface area contributed by atoms with Crippen LogP contribution in [0.25, 0.3) is 0 Å². The smallest absolute Gasteiger partial charge is 0.0633 e. The topological polar surface area (TPSA) is 0 Å². The molecule has 0 bridgehead atoms. The molecule has 0 nitrogen and oxygen atoms in total. The van der Waals surface area contributed by atoms with Gasteiger partial charge in [0.15, 0.2) is 0 Å². The quantitative estimate of drug-likeness (QED) is 0.279. The summed E-state index contributed by atoms with van der Waals surface area (Å²) in [6.07, 6.45) is 0. The Morgan fingerprint density at radius 1 is 0.382 bits per heavy atom. The average Bonchev–Trinajstić information content (AvgIpc) is 3.14. The van der Waals surface area contributed by atoms with Crippen LogP contribution in [0.3, 0.4) is 0 Å². The van der Waals surface area contributed by atoms with E-state index in [-0.39, 0.29) is 40.4 Å². The van der Waals surface area contributed by atoms with Gasteiger partial charge in [-0.3, -0.25) is 0 Å². The Morgan fingerprint density at radius 2 is 0.588 bits per heavy atom. The summed E-state index contributed by atoms with van der Waals surface area (Å²) < 4.78 is 0. The maximum absolute atomic E-state index is 2.54. The van der Waals surface area contributed by atoms with E-state index in [1.807, 2.05) is 0 Å². The zero-order valence-electron chi connectivity index (χ0n) is 25.0. The zero-order chi connectivity index (χ0) is 25.7. The van der Waals surface area contributed by atoms with E-state index in [1.165, 1.54) is 71.0 Å². The van der Waals surface area contributed by atoms with Gasteiger partial charge in [0.1, 0.15) is 0 Å². The molecule has 0 N–H and O–H groups in total. The van der Waals surface area contributed by atoms with Gasteiger partial charge in [-0.2, -0.15) is 0 Å². The van der Waals surface area contributed by atoms with Crippen LogP contribution in [0.15, 0.2) is 0 Å². The Hall–Kier alpha value is 1.55. The number of hydrogen-bond donors (Lipinski definition) is 0. The van der Waals surface area contributed by atoms with Gasteiger partial charge in [-0.25, -0.2) is 0 Å². The molecule has 0 heterocycles. The minimum Gasteiger partial charge on any atom is -0.0684 e. The monoisotopic (exact) mass is 613 g/mol. The largest absolute Gasteiger partial charge is 0.0684 e. The van der Waals surface area contributed by atoms with Crippen LogP contribution in [0.1, 0.15) is 96.9 Å². The predicted octanol–water partition coefficient (Wildman–Crippen LogP) is 9.31. The van der Waals surface area contributed by atoms with Crippen molar-refractivity contribution in [1.29, 1.82) is 0 Å². The number of rotatable bonds is 3. The van der Waals surface area contributed by atoms with Gasteiger partial charge in [0.2, 0.25) is 0 Å². The molecule has 0 spiro atoms. The Labute approximate surface area is 250 Å². The van der Waals surface area contributed by atoms with Crippen molar-refractivity contribution in [3.8, 4) is 0 Å². The molecule has 0 unspecified atom stereocenters. The SMILES string of the molecule is C[C]1[C](C)[C](C)[C](C(C)C)[C]1C.C[C]1[C](C)[C](C)[C]([Si](C)(C)[C]2[C](C)[C](C)[C](C)[C]2C)[C]1C.[Sm]. The van der Waals surface area contributed by atoms with Crippen LogP contribution in [-0.4, -0.2) is 8.07 Å². The maximum Gasteiger partial charge on any atom is 0.0633 e. The molecule has 0 atom stereocenters. The van der Waals surface area contributed by atoms with Gasteiger partial charge in [-0.15, -0.1) is 0 Å². The Morgan fingerprint density at radius 3 is 0.765 bits per heavy atom. The Kier molecular flexibility index (Phi) is 12.5. The van der Waals surface area contributed by atoms with Crippen molar-refractivity contribution < 1.29 is 40.4 Å². The fourth-order valence-corrected chi connectivity index (χ4v) is 11.3. The first-order chi connectivity index (χ1) is 15.0. The van der Waals surface area contributed by atoms with Crippen molar-refractivity contribution in [1.82, 2.24) is 0 Å². The molecule has 3 aliphatic carbocycles. The summed E-state index contributed by atoms with van der Waals surface area (Å²) in [6.45, 7) is 37.0. The third kappa shape index (κ3) is 5.91. The molecule has 0 amide bonds. The van der Waals surface area contributed by atoms with Crippen LogP contribution in [0.2, 0.25) is 13.1 Å². The van der Waals surface area contributed by atoms with E-state index in [0.29, 0.717) is 5.92 Å². The van der Waals surface area contributed by atoms with Crippen molar-refractivity contribution >= 4 is 8.07 Å².